The second-order valence-corrected chi connectivity index (χ2v) is 5.04. The molecule has 0 saturated heterocycles. The Balaban J connectivity index is -0.0000000821. The van der Waals surface area contributed by atoms with E-state index in [4.69, 9.17) is 16.2 Å². The zero-order chi connectivity index (χ0) is 21.5. The number of aromatic amines is 1. The molecule has 0 radical (unpaired) electrons. The van der Waals surface area contributed by atoms with Gasteiger partial charge in [-0.1, -0.05) is 39.1 Å². The Hall–Kier alpha value is -3.33. The van der Waals surface area contributed by atoms with Crippen LogP contribution < -0.4 is 5.56 Å². The molecule has 3 rings (SSSR count). The highest BCUT2D eigenvalue weighted by atomic mass is 19.1. The highest BCUT2D eigenvalue weighted by molar-refractivity contribution is 5.89. The van der Waals surface area contributed by atoms with Crippen molar-refractivity contribution in [1.29, 1.82) is 11.1 Å². The second-order valence-electron chi connectivity index (χ2n) is 5.04. The predicted molar refractivity (Wildman–Crippen MR) is 124 cm³/mol. The third kappa shape index (κ3) is 9.74. The largest absolute Gasteiger partial charge is 0.462 e. The van der Waals surface area contributed by atoms with Crippen LogP contribution in [0.2, 0.25) is 0 Å². The molecular formula is C21H39FN4O4. The van der Waals surface area contributed by atoms with Crippen molar-refractivity contribution in [2.45, 2.75) is 28.7 Å². The Morgan fingerprint density at radius 2 is 1.67 bits per heavy atom. The summed E-state index contributed by atoms with van der Waals surface area (Å²) in [7, 11) is 1.71. The van der Waals surface area contributed by atoms with Crippen molar-refractivity contribution in [3.63, 3.8) is 0 Å². The van der Waals surface area contributed by atoms with Crippen molar-refractivity contribution in [2.75, 3.05) is 13.2 Å². The number of para-hydroxylation sites is 1. The van der Waals surface area contributed by atoms with Gasteiger partial charge in [0.25, 0.3) is 5.56 Å². The van der Waals surface area contributed by atoms with Crippen molar-refractivity contribution >= 4 is 16.9 Å². The van der Waals surface area contributed by atoms with E-state index in [1.54, 1.807) is 27.0 Å². The standard InChI is InChI=1S/C9H9FO2.C8H8N2O.C2H6O.2CH4.H2N2.3H2/c1-2-12-9(11)7-5-3-4-6-8(7)10;1-10-8(11)6-4-2-3-5-7(6)9-10;1-2-3;;;1-2;;;/h3-6H,2H2,1H3;2-5,9H,1H3;3H,2H2,1H3;2*1H4;1-2H;3*1H/i;;;;;;2*1+1;. The highest BCUT2D eigenvalue weighted by Crippen LogP contribution is 2.07. The number of H-pyrrole nitrogens is 1. The lowest BCUT2D eigenvalue weighted by molar-refractivity contribution is 0.0521. The molecule has 0 spiro atoms. The Kier molecular flexibility index (Phi) is 18.6. The lowest BCUT2D eigenvalue weighted by Crippen LogP contribution is -2.10. The van der Waals surface area contributed by atoms with Crippen LogP contribution in [-0.2, 0) is 11.8 Å². The number of rotatable bonds is 2. The number of nitrogens with one attached hydrogen (secondary N) is 3. The zero-order valence-corrected chi connectivity index (χ0v) is 16.0. The summed E-state index contributed by atoms with van der Waals surface area (Å²) in [5.74, 6) is -1.16. The number of esters is 1. The molecule has 8 nitrogen and oxygen atoms in total. The first-order valence-electron chi connectivity index (χ1n) is 8.37. The maximum Gasteiger partial charge on any atom is 0.341 e. The van der Waals surface area contributed by atoms with E-state index in [0.29, 0.717) is 0 Å². The topological polar surface area (TPSA) is 132 Å². The third-order valence-corrected chi connectivity index (χ3v) is 3.12. The number of hydrogen-bond acceptors (Lipinski definition) is 6. The Bertz CT molecular complexity index is 924. The quantitative estimate of drug-likeness (QED) is 0.315. The molecule has 0 amide bonds. The minimum Gasteiger partial charge on any atom is -0.462 e. The Morgan fingerprint density at radius 1 is 1.17 bits per heavy atom. The molecule has 0 saturated carbocycles. The number of aromatic nitrogens is 2. The van der Waals surface area contributed by atoms with E-state index < -0.39 is 11.8 Å². The summed E-state index contributed by atoms with van der Waals surface area (Å²) in [5.41, 5.74) is 10.9. The van der Waals surface area contributed by atoms with Gasteiger partial charge in [-0.3, -0.25) is 14.6 Å². The van der Waals surface area contributed by atoms with Crippen LogP contribution >= 0.6 is 0 Å². The Morgan fingerprint density at radius 3 is 2.17 bits per heavy atom. The summed E-state index contributed by atoms with van der Waals surface area (Å²) in [4.78, 5) is 22.3. The number of aliphatic hydroxyl groups is 1. The smallest absolute Gasteiger partial charge is 0.341 e. The molecule has 4 N–H and O–H groups in total. The fraction of sp³-hybridized carbons (Fsp3) is 0.333. The molecule has 0 unspecified atom stereocenters. The van der Waals surface area contributed by atoms with Crippen molar-refractivity contribution in [3.05, 3.63) is 70.3 Å². The lowest BCUT2D eigenvalue weighted by Gasteiger charge is -2.01. The summed E-state index contributed by atoms with van der Waals surface area (Å²) >= 11 is 0. The number of aryl methyl sites for hydroxylation is 1. The van der Waals surface area contributed by atoms with Crippen LogP contribution in [0, 0.1) is 16.9 Å². The molecule has 9 heteroatoms. The van der Waals surface area contributed by atoms with Crippen LogP contribution in [0.25, 0.3) is 10.9 Å². The molecule has 3 aromatic rings. The van der Waals surface area contributed by atoms with E-state index >= 15 is 0 Å². The molecule has 30 heavy (non-hydrogen) atoms. The van der Waals surface area contributed by atoms with Gasteiger partial charge in [0.05, 0.1) is 23.1 Å². The molecule has 0 aliphatic rings. The fourth-order valence-corrected chi connectivity index (χ4v) is 2.01. The number of benzene rings is 2. The fourth-order valence-electron chi connectivity index (χ4n) is 2.01. The molecule has 174 valence electrons. The van der Waals surface area contributed by atoms with Crippen LogP contribution in [0.5, 0.6) is 0 Å². The van der Waals surface area contributed by atoms with Crippen molar-refractivity contribution in [1.82, 2.24) is 9.78 Å². The molecule has 2 aromatic carbocycles. The molecule has 1 heterocycles. The number of nitrogens with zero attached hydrogens (tertiary/aromatic N) is 1. The molecule has 0 bridgehead atoms. The van der Waals surface area contributed by atoms with Gasteiger partial charge in [0.2, 0.25) is 0 Å². The van der Waals surface area contributed by atoms with E-state index in [9.17, 15) is 14.0 Å². The maximum atomic E-state index is 12.9. The highest BCUT2D eigenvalue weighted by Gasteiger charge is 2.10. The summed E-state index contributed by atoms with van der Waals surface area (Å²) < 4.78 is 19.0. The van der Waals surface area contributed by atoms with Crippen LogP contribution in [0.15, 0.2) is 53.3 Å². The first-order valence-corrected chi connectivity index (χ1v) is 8.37. The molecule has 0 fully saturated rings. The predicted octanol–water partition coefficient (Wildman–Crippen LogP) is 5.47. The number of hydrogen-bond donors (Lipinski definition) is 4. The van der Waals surface area contributed by atoms with Gasteiger partial charge in [0, 0.05) is 17.9 Å². The monoisotopic (exact) mass is 432 g/mol. The lowest BCUT2D eigenvalue weighted by atomic mass is 10.2. The van der Waals surface area contributed by atoms with Crippen molar-refractivity contribution < 1.29 is 23.3 Å². The Labute approximate surface area is 181 Å². The minimum absolute atomic E-state index is 0. The first kappa shape index (κ1) is 31.4. The van der Waals surface area contributed by atoms with Gasteiger partial charge < -0.3 is 9.84 Å². The number of aliphatic hydroxyl groups excluding tert-OH is 1. The van der Waals surface area contributed by atoms with Crippen LogP contribution in [0.4, 0.5) is 4.39 Å². The zero-order valence-electron chi connectivity index (χ0n) is 16.0. The maximum absolute atomic E-state index is 12.9. The van der Waals surface area contributed by atoms with E-state index in [-0.39, 0.29) is 43.5 Å². The van der Waals surface area contributed by atoms with E-state index in [1.165, 1.54) is 22.9 Å². The van der Waals surface area contributed by atoms with Crippen molar-refractivity contribution in [3.8, 4) is 0 Å². The normalized spacial score (nSPS) is 8.43. The van der Waals surface area contributed by atoms with Gasteiger partial charge in [-0.15, -0.1) is 0 Å². The SMILES string of the molecule is C.C.CCO.CCOC(=O)c1ccccc1F.Cn1[nH]c2ccccc2c1=O.N=N.[2HH].[2HH].[HH]. The van der Waals surface area contributed by atoms with E-state index in [2.05, 4.69) is 9.84 Å². The van der Waals surface area contributed by atoms with Gasteiger partial charge in [0.1, 0.15) is 5.82 Å². The molecule has 0 atom stereocenters. The number of fused-ring (bicyclic) bond motifs is 1. The number of halogens is 1. The second kappa shape index (κ2) is 17.7. The average molecular weight is 433 g/mol. The summed E-state index contributed by atoms with van der Waals surface area (Å²) in [5, 5.41) is 11.2. The number of ether oxygens (including phenoxy) is 1. The van der Waals surface area contributed by atoms with Crippen LogP contribution in [-0.4, -0.2) is 34.1 Å². The molecule has 1 aromatic heterocycles. The van der Waals surface area contributed by atoms with E-state index in [0.717, 1.165) is 10.9 Å². The van der Waals surface area contributed by atoms with Crippen LogP contribution in [0.1, 0.15) is 43.3 Å². The molecule has 0 aliphatic carbocycles. The van der Waals surface area contributed by atoms with Crippen molar-refractivity contribution in [2.24, 2.45) is 7.05 Å². The molecule has 0 aliphatic heterocycles. The van der Waals surface area contributed by atoms with Gasteiger partial charge in [-0.2, -0.15) is 0 Å². The summed E-state index contributed by atoms with van der Waals surface area (Å²) in [6.07, 6.45) is 0. The summed E-state index contributed by atoms with van der Waals surface area (Å²) in [6.45, 7) is 3.87. The number of carbonyl (C=O) groups is 1. The third-order valence-electron chi connectivity index (χ3n) is 3.12. The van der Waals surface area contributed by atoms with Gasteiger partial charge in [-0.05, 0) is 38.1 Å². The minimum atomic E-state index is -0.615. The first-order chi connectivity index (χ1) is 13.5. The van der Waals surface area contributed by atoms with Gasteiger partial charge in [0.15, 0.2) is 0 Å². The van der Waals surface area contributed by atoms with E-state index in [1.807, 2.05) is 24.3 Å². The molecular weight excluding hydrogens is 391 g/mol. The average Bonchev–Trinajstić information content (AvgIpc) is 2.99. The van der Waals surface area contributed by atoms with Gasteiger partial charge >= 0.3 is 5.97 Å². The summed E-state index contributed by atoms with van der Waals surface area (Å²) in [6, 6.07) is 13.2. The van der Waals surface area contributed by atoms with Gasteiger partial charge in [-0.25, -0.2) is 20.2 Å². The van der Waals surface area contributed by atoms with Crippen LogP contribution in [0.3, 0.4) is 0 Å². The number of carbonyl (C=O) groups excluding carboxylic acids is 1.